The van der Waals surface area contributed by atoms with Crippen LogP contribution in [-0.2, 0) is 4.74 Å². The van der Waals surface area contributed by atoms with Gasteiger partial charge in [-0.25, -0.2) is 4.79 Å². The van der Waals surface area contributed by atoms with Crippen molar-refractivity contribution in [1.29, 1.82) is 0 Å². The van der Waals surface area contributed by atoms with Crippen molar-refractivity contribution in [2.45, 2.75) is 31.3 Å². The summed E-state index contributed by atoms with van der Waals surface area (Å²) in [5.41, 5.74) is 1.99. The molecule has 0 radical (unpaired) electrons. The number of nitrogens with one attached hydrogen (secondary N) is 2. The molecule has 138 valence electrons. The van der Waals surface area contributed by atoms with Gasteiger partial charge in [0.05, 0.1) is 12.2 Å². The molecule has 2 saturated heterocycles. The van der Waals surface area contributed by atoms with E-state index in [0.717, 1.165) is 31.1 Å². The SMILES string of the molecule is CC1CN(c2ccc(NC(=O)NCC3CSCCS3)cc2)CC(C)O1. The van der Waals surface area contributed by atoms with Gasteiger partial charge >= 0.3 is 6.03 Å². The van der Waals surface area contributed by atoms with Gasteiger partial charge < -0.3 is 20.3 Å². The summed E-state index contributed by atoms with van der Waals surface area (Å²) in [6.07, 6.45) is 0.478. The summed E-state index contributed by atoms with van der Waals surface area (Å²) in [6, 6.07) is 7.93. The Kier molecular flexibility index (Phi) is 6.78. The number of benzene rings is 1. The lowest BCUT2D eigenvalue weighted by Crippen LogP contribution is -2.45. The molecule has 0 bridgehead atoms. The molecule has 3 atom stereocenters. The Morgan fingerprint density at radius 2 is 1.92 bits per heavy atom. The molecule has 0 aromatic heterocycles. The van der Waals surface area contributed by atoms with Crippen LogP contribution in [0.15, 0.2) is 24.3 Å². The number of amides is 2. The van der Waals surface area contributed by atoms with Crippen LogP contribution in [0.3, 0.4) is 0 Å². The second-order valence-electron chi connectivity index (χ2n) is 6.61. The van der Waals surface area contributed by atoms with E-state index in [-0.39, 0.29) is 18.2 Å². The van der Waals surface area contributed by atoms with Crippen LogP contribution in [0.2, 0.25) is 0 Å². The number of anilines is 2. The van der Waals surface area contributed by atoms with Gasteiger partial charge in [0.1, 0.15) is 0 Å². The smallest absolute Gasteiger partial charge is 0.319 e. The molecular weight excluding hydrogens is 354 g/mol. The molecule has 5 nitrogen and oxygen atoms in total. The third-order valence-electron chi connectivity index (χ3n) is 4.29. The van der Waals surface area contributed by atoms with Gasteiger partial charge in [0.25, 0.3) is 0 Å². The molecule has 7 heteroatoms. The van der Waals surface area contributed by atoms with Crippen LogP contribution >= 0.6 is 23.5 Å². The highest BCUT2D eigenvalue weighted by Crippen LogP contribution is 2.24. The minimum atomic E-state index is -0.127. The molecule has 25 heavy (non-hydrogen) atoms. The number of morpholine rings is 1. The number of carbonyl (C=O) groups is 1. The first-order valence-corrected chi connectivity index (χ1v) is 11.0. The van der Waals surface area contributed by atoms with Gasteiger partial charge in [-0.1, -0.05) is 0 Å². The summed E-state index contributed by atoms with van der Waals surface area (Å²) in [5, 5.41) is 6.42. The molecule has 2 aliphatic heterocycles. The van der Waals surface area contributed by atoms with E-state index in [4.69, 9.17) is 4.74 Å². The van der Waals surface area contributed by atoms with Crippen molar-refractivity contribution in [3.8, 4) is 0 Å². The minimum Gasteiger partial charge on any atom is -0.372 e. The van der Waals surface area contributed by atoms with E-state index in [0.29, 0.717) is 5.25 Å². The summed E-state index contributed by atoms with van der Waals surface area (Å²) >= 11 is 3.92. The third-order valence-corrected chi connectivity index (χ3v) is 7.13. The van der Waals surface area contributed by atoms with Gasteiger partial charge in [0, 0.05) is 53.5 Å². The van der Waals surface area contributed by atoms with Gasteiger partial charge in [0.2, 0.25) is 0 Å². The van der Waals surface area contributed by atoms with Crippen molar-refractivity contribution in [3.05, 3.63) is 24.3 Å². The molecule has 2 heterocycles. The Labute approximate surface area is 158 Å². The van der Waals surface area contributed by atoms with E-state index >= 15 is 0 Å². The number of nitrogens with zero attached hydrogens (tertiary/aromatic N) is 1. The highest BCUT2D eigenvalue weighted by molar-refractivity contribution is 8.06. The van der Waals surface area contributed by atoms with Gasteiger partial charge in [-0.05, 0) is 38.1 Å². The molecular formula is C18H27N3O2S2. The van der Waals surface area contributed by atoms with Crippen LogP contribution in [0.4, 0.5) is 16.2 Å². The van der Waals surface area contributed by atoms with Crippen LogP contribution in [0.5, 0.6) is 0 Å². The molecule has 3 unspecified atom stereocenters. The topological polar surface area (TPSA) is 53.6 Å². The summed E-state index contributed by atoms with van der Waals surface area (Å²) in [5.74, 6) is 3.52. The maximum atomic E-state index is 12.1. The molecule has 1 aromatic carbocycles. The number of thioether (sulfide) groups is 2. The highest BCUT2D eigenvalue weighted by Gasteiger charge is 2.22. The maximum absolute atomic E-state index is 12.1. The van der Waals surface area contributed by atoms with Crippen molar-refractivity contribution in [2.24, 2.45) is 0 Å². The predicted octanol–water partition coefficient (Wildman–Crippen LogP) is 3.27. The molecule has 2 aliphatic rings. The summed E-state index contributed by atoms with van der Waals surface area (Å²) < 4.78 is 5.78. The van der Waals surface area contributed by atoms with E-state index in [9.17, 15) is 4.79 Å². The van der Waals surface area contributed by atoms with Crippen molar-refractivity contribution in [3.63, 3.8) is 0 Å². The molecule has 1 aromatic rings. The van der Waals surface area contributed by atoms with Crippen molar-refractivity contribution < 1.29 is 9.53 Å². The van der Waals surface area contributed by atoms with Gasteiger partial charge in [-0.15, -0.1) is 0 Å². The average molecular weight is 382 g/mol. The third kappa shape index (κ3) is 5.72. The van der Waals surface area contributed by atoms with Crippen molar-refractivity contribution >= 4 is 40.9 Å². The van der Waals surface area contributed by atoms with E-state index in [1.807, 2.05) is 35.7 Å². The number of rotatable bonds is 4. The van der Waals surface area contributed by atoms with Crippen LogP contribution in [0.25, 0.3) is 0 Å². The normalized spacial score (nSPS) is 27.0. The van der Waals surface area contributed by atoms with Crippen molar-refractivity contribution in [2.75, 3.05) is 47.1 Å². The molecule has 0 aliphatic carbocycles. The Hall–Kier alpha value is -1.05. The number of ether oxygens (including phenoxy) is 1. The Balaban J connectivity index is 1.47. The lowest BCUT2D eigenvalue weighted by atomic mass is 10.2. The number of urea groups is 1. The summed E-state index contributed by atoms with van der Waals surface area (Å²) in [6.45, 7) is 6.73. The lowest BCUT2D eigenvalue weighted by molar-refractivity contribution is -0.00521. The summed E-state index contributed by atoms with van der Waals surface area (Å²) in [4.78, 5) is 14.4. The average Bonchev–Trinajstić information content (AvgIpc) is 2.61. The van der Waals surface area contributed by atoms with Crippen LogP contribution < -0.4 is 15.5 Å². The maximum Gasteiger partial charge on any atom is 0.319 e. The highest BCUT2D eigenvalue weighted by atomic mass is 32.2. The second kappa shape index (κ2) is 9.05. The minimum absolute atomic E-state index is 0.127. The first-order chi connectivity index (χ1) is 12.1. The Morgan fingerprint density at radius 3 is 2.56 bits per heavy atom. The Morgan fingerprint density at radius 1 is 1.20 bits per heavy atom. The van der Waals surface area contributed by atoms with Gasteiger partial charge in [-0.3, -0.25) is 0 Å². The lowest BCUT2D eigenvalue weighted by Gasteiger charge is -2.36. The first kappa shape index (κ1) is 18.7. The zero-order valence-electron chi connectivity index (χ0n) is 14.9. The summed E-state index contributed by atoms with van der Waals surface area (Å²) in [7, 11) is 0. The van der Waals surface area contributed by atoms with E-state index in [2.05, 4.69) is 41.5 Å². The fourth-order valence-corrected chi connectivity index (χ4v) is 5.79. The molecule has 0 saturated carbocycles. The monoisotopic (exact) mass is 381 g/mol. The zero-order valence-corrected chi connectivity index (χ0v) is 16.5. The number of hydrogen-bond acceptors (Lipinski definition) is 5. The fourth-order valence-electron chi connectivity index (χ4n) is 3.18. The van der Waals surface area contributed by atoms with Crippen LogP contribution in [0.1, 0.15) is 13.8 Å². The molecule has 0 spiro atoms. The zero-order chi connectivity index (χ0) is 17.6. The van der Waals surface area contributed by atoms with Crippen molar-refractivity contribution in [1.82, 2.24) is 5.32 Å². The second-order valence-corrected chi connectivity index (χ2v) is 9.17. The quantitative estimate of drug-likeness (QED) is 0.838. The van der Waals surface area contributed by atoms with Crippen LogP contribution in [0, 0.1) is 0 Å². The first-order valence-electron chi connectivity index (χ1n) is 8.85. The van der Waals surface area contributed by atoms with E-state index in [1.54, 1.807) is 0 Å². The fraction of sp³-hybridized carbons (Fsp3) is 0.611. The predicted molar refractivity (Wildman–Crippen MR) is 109 cm³/mol. The molecule has 2 N–H and O–H groups in total. The van der Waals surface area contributed by atoms with E-state index in [1.165, 1.54) is 17.2 Å². The Bertz CT molecular complexity index is 554. The number of hydrogen-bond donors (Lipinski definition) is 2. The standard InChI is InChI=1S/C18H27N3O2S2/c1-13-10-21(11-14(2)23-13)16-5-3-15(4-6-16)20-18(22)19-9-17-12-24-7-8-25-17/h3-6,13-14,17H,7-12H2,1-2H3,(H2,19,20,22). The van der Waals surface area contributed by atoms with Crippen LogP contribution in [-0.4, -0.2) is 60.4 Å². The molecule has 2 fully saturated rings. The van der Waals surface area contributed by atoms with E-state index < -0.39 is 0 Å². The van der Waals surface area contributed by atoms with Gasteiger partial charge in [-0.2, -0.15) is 23.5 Å². The molecule has 3 rings (SSSR count). The molecule has 2 amide bonds. The van der Waals surface area contributed by atoms with Gasteiger partial charge in [0.15, 0.2) is 0 Å². The number of carbonyl (C=O) groups excluding carboxylic acids is 1. The largest absolute Gasteiger partial charge is 0.372 e.